The van der Waals surface area contributed by atoms with E-state index in [1.165, 1.54) is 30.3 Å². The third-order valence-electron chi connectivity index (χ3n) is 6.18. The van der Waals surface area contributed by atoms with Gasteiger partial charge in [0.15, 0.2) is 5.60 Å². The second-order valence-corrected chi connectivity index (χ2v) is 9.20. The Balaban J connectivity index is 1.56. The second-order valence-electron chi connectivity index (χ2n) is 9.20. The highest BCUT2D eigenvalue weighted by atomic mass is 19.4. The van der Waals surface area contributed by atoms with Crippen molar-refractivity contribution < 1.29 is 27.4 Å². The monoisotopic (exact) mass is 464 g/mol. The number of aromatic amines is 1. The highest BCUT2D eigenvalue weighted by molar-refractivity contribution is 5.91. The molecule has 2 aromatic carbocycles. The molecule has 0 fully saturated rings. The van der Waals surface area contributed by atoms with Crippen LogP contribution in [0, 0.1) is 11.2 Å². The van der Waals surface area contributed by atoms with E-state index in [1.807, 2.05) is 0 Å². The molecule has 1 aliphatic rings. The van der Waals surface area contributed by atoms with Crippen LogP contribution >= 0.6 is 0 Å². The third kappa shape index (κ3) is 4.55. The van der Waals surface area contributed by atoms with Crippen LogP contribution < -0.4 is 15.6 Å². The highest BCUT2D eigenvalue weighted by Gasteiger charge is 2.57. The number of H-pyrrole nitrogens is 1. The van der Waals surface area contributed by atoms with Gasteiger partial charge in [-0.2, -0.15) is 13.2 Å². The van der Waals surface area contributed by atoms with Crippen molar-refractivity contribution in [3.8, 4) is 5.75 Å². The largest absolute Gasteiger partial charge is 0.489 e. The second kappa shape index (κ2) is 8.06. The van der Waals surface area contributed by atoms with E-state index in [1.54, 1.807) is 32.0 Å². The molecular formula is C24H24F4N2O3. The number of anilines is 1. The lowest BCUT2D eigenvalue weighted by molar-refractivity contribution is -0.266. The SMILES string of the molecule is CC(C)(C[C@@](O)(CNc1cccc2[nH]c(=O)ccc12)C(F)(F)F)C1Cc2cc(F)ccc2O1. The summed E-state index contributed by atoms with van der Waals surface area (Å²) in [5.41, 5.74) is -3.08. The van der Waals surface area contributed by atoms with Crippen molar-refractivity contribution in [3.63, 3.8) is 0 Å². The summed E-state index contributed by atoms with van der Waals surface area (Å²) in [6, 6.07) is 11.6. The maximum absolute atomic E-state index is 14.1. The summed E-state index contributed by atoms with van der Waals surface area (Å²) >= 11 is 0. The van der Waals surface area contributed by atoms with Crippen LogP contribution in [0.15, 0.2) is 53.3 Å². The van der Waals surface area contributed by atoms with Gasteiger partial charge < -0.3 is 20.1 Å². The van der Waals surface area contributed by atoms with Gasteiger partial charge in [0.2, 0.25) is 5.56 Å². The summed E-state index contributed by atoms with van der Waals surface area (Å²) in [6.45, 7) is 2.39. The molecule has 3 aromatic rings. The van der Waals surface area contributed by atoms with Crippen LogP contribution in [0.25, 0.3) is 10.9 Å². The number of hydrogen-bond acceptors (Lipinski definition) is 4. The van der Waals surface area contributed by atoms with E-state index in [0.717, 1.165) is 0 Å². The lowest BCUT2D eigenvalue weighted by atomic mass is 9.74. The molecule has 0 spiro atoms. The first-order valence-electron chi connectivity index (χ1n) is 10.5. The molecule has 5 nitrogen and oxygen atoms in total. The number of hydrogen-bond donors (Lipinski definition) is 3. The summed E-state index contributed by atoms with van der Waals surface area (Å²) in [7, 11) is 0. The standard InChI is InChI=1S/C24H24F4N2O3/c1-22(2,20-11-14-10-15(25)6-8-19(14)33-20)12-23(32,24(26,27)28)13-29-17-4-3-5-18-16(17)7-9-21(31)30-18/h3-10,20,29,32H,11-13H2,1-2H3,(H,30,31)/t20?,23-/m1/s1. The average Bonchev–Trinajstić information content (AvgIpc) is 3.15. The predicted molar refractivity (Wildman–Crippen MR) is 117 cm³/mol. The fourth-order valence-electron chi connectivity index (χ4n) is 4.37. The Kier molecular flexibility index (Phi) is 5.64. The molecule has 3 N–H and O–H groups in total. The fraction of sp³-hybridized carbons (Fsp3) is 0.375. The third-order valence-corrected chi connectivity index (χ3v) is 6.18. The smallest absolute Gasteiger partial charge is 0.418 e. The normalized spacial score (nSPS) is 18.0. The Morgan fingerprint density at radius 1 is 1.15 bits per heavy atom. The van der Waals surface area contributed by atoms with E-state index in [2.05, 4.69) is 10.3 Å². The molecule has 2 atom stereocenters. The minimum atomic E-state index is -4.92. The van der Waals surface area contributed by atoms with E-state index in [0.29, 0.717) is 27.9 Å². The topological polar surface area (TPSA) is 74.4 Å². The molecular weight excluding hydrogens is 440 g/mol. The van der Waals surface area contributed by atoms with Crippen LogP contribution in [-0.4, -0.2) is 34.5 Å². The molecule has 33 heavy (non-hydrogen) atoms. The van der Waals surface area contributed by atoms with Gasteiger partial charge in [-0.3, -0.25) is 4.79 Å². The Morgan fingerprint density at radius 3 is 2.64 bits per heavy atom. The molecule has 0 aliphatic carbocycles. The van der Waals surface area contributed by atoms with Gasteiger partial charge >= 0.3 is 6.18 Å². The van der Waals surface area contributed by atoms with Gasteiger partial charge in [0.05, 0.1) is 12.1 Å². The number of alkyl halides is 3. The van der Waals surface area contributed by atoms with Crippen molar-refractivity contribution in [1.29, 1.82) is 0 Å². The van der Waals surface area contributed by atoms with Crippen molar-refractivity contribution in [2.75, 3.05) is 11.9 Å². The number of nitrogens with one attached hydrogen (secondary N) is 2. The maximum atomic E-state index is 14.1. The number of halogens is 4. The van der Waals surface area contributed by atoms with E-state index in [9.17, 15) is 27.5 Å². The van der Waals surface area contributed by atoms with Gasteiger partial charge in [0, 0.05) is 34.5 Å². The van der Waals surface area contributed by atoms with Crippen molar-refractivity contribution in [3.05, 3.63) is 70.3 Å². The van der Waals surface area contributed by atoms with Gasteiger partial charge in [-0.15, -0.1) is 0 Å². The number of aromatic nitrogens is 1. The summed E-state index contributed by atoms with van der Waals surface area (Å²) < 4.78 is 61.6. The lowest BCUT2D eigenvalue weighted by Gasteiger charge is -2.40. The molecule has 1 unspecified atom stereocenters. The Morgan fingerprint density at radius 2 is 1.91 bits per heavy atom. The summed E-state index contributed by atoms with van der Waals surface area (Å²) in [5, 5.41) is 14.1. The van der Waals surface area contributed by atoms with Crippen LogP contribution in [0.3, 0.4) is 0 Å². The molecule has 1 aliphatic heterocycles. The minimum absolute atomic E-state index is 0.248. The van der Waals surface area contributed by atoms with Gasteiger partial charge in [0.1, 0.15) is 17.7 Å². The van der Waals surface area contributed by atoms with Crippen LogP contribution in [0.2, 0.25) is 0 Å². The molecule has 0 saturated heterocycles. The highest BCUT2D eigenvalue weighted by Crippen LogP contribution is 2.45. The first-order chi connectivity index (χ1) is 15.4. The number of aliphatic hydroxyl groups is 1. The number of pyridine rings is 1. The molecule has 9 heteroatoms. The first-order valence-corrected chi connectivity index (χ1v) is 10.5. The van der Waals surface area contributed by atoms with E-state index in [-0.39, 0.29) is 12.0 Å². The maximum Gasteiger partial charge on any atom is 0.418 e. The zero-order valence-corrected chi connectivity index (χ0v) is 18.1. The average molecular weight is 464 g/mol. The minimum Gasteiger partial charge on any atom is -0.489 e. The first kappa shape index (κ1) is 23.1. The fourth-order valence-corrected chi connectivity index (χ4v) is 4.37. The number of rotatable bonds is 6. The predicted octanol–water partition coefficient (Wildman–Crippen LogP) is 4.79. The summed E-state index contributed by atoms with van der Waals surface area (Å²) in [4.78, 5) is 14.2. The number of fused-ring (bicyclic) bond motifs is 2. The van der Waals surface area contributed by atoms with Crippen LogP contribution in [0.4, 0.5) is 23.2 Å². The van der Waals surface area contributed by atoms with Crippen molar-refractivity contribution in [2.45, 2.75) is 44.6 Å². The van der Waals surface area contributed by atoms with Crippen LogP contribution in [0.1, 0.15) is 25.8 Å². The zero-order chi connectivity index (χ0) is 24.0. The van der Waals surface area contributed by atoms with Gasteiger partial charge in [-0.25, -0.2) is 4.39 Å². The van der Waals surface area contributed by atoms with E-state index in [4.69, 9.17) is 4.74 Å². The van der Waals surface area contributed by atoms with Crippen LogP contribution in [-0.2, 0) is 6.42 Å². The van der Waals surface area contributed by atoms with Gasteiger partial charge in [0.25, 0.3) is 0 Å². The van der Waals surface area contributed by atoms with E-state index < -0.39 is 42.1 Å². The summed E-state index contributed by atoms with van der Waals surface area (Å²) in [5.74, 6) is -0.00358. The van der Waals surface area contributed by atoms with Crippen molar-refractivity contribution >= 4 is 16.6 Å². The molecule has 1 aromatic heterocycles. The lowest BCUT2D eigenvalue weighted by Crippen LogP contribution is -2.55. The Labute approximate surface area is 187 Å². The van der Waals surface area contributed by atoms with Crippen molar-refractivity contribution in [1.82, 2.24) is 4.98 Å². The molecule has 0 amide bonds. The van der Waals surface area contributed by atoms with Crippen LogP contribution in [0.5, 0.6) is 5.75 Å². The quantitative estimate of drug-likeness (QED) is 0.459. The molecule has 176 valence electrons. The van der Waals surface area contributed by atoms with Crippen molar-refractivity contribution in [2.24, 2.45) is 5.41 Å². The Bertz CT molecular complexity index is 1240. The molecule has 0 saturated carbocycles. The zero-order valence-electron chi connectivity index (χ0n) is 18.1. The summed E-state index contributed by atoms with van der Waals surface area (Å²) in [6.07, 6.45) is -5.98. The molecule has 2 heterocycles. The molecule has 0 radical (unpaired) electrons. The number of ether oxygens (including phenoxy) is 1. The van der Waals surface area contributed by atoms with Gasteiger partial charge in [-0.05, 0) is 42.8 Å². The Hall–Kier alpha value is -3.07. The van der Waals surface area contributed by atoms with Gasteiger partial charge in [-0.1, -0.05) is 19.9 Å². The van der Waals surface area contributed by atoms with E-state index >= 15 is 0 Å². The molecule has 0 bridgehead atoms. The number of benzene rings is 2. The molecule has 4 rings (SSSR count).